The minimum atomic E-state index is -4.86. The number of hydrogen-bond acceptors (Lipinski definition) is 4. The molecule has 1 aliphatic rings. The molecule has 1 unspecified atom stereocenters. The number of sulfonamides is 1. The Morgan fingerprint density at radius 2 is 1.68 bits per heavy atom. The predicted molar refractivity (Wildman–Crippen MR) is 110 cm³/mol. The van der Waals surface area contributed by atoms with Gasteiger partial charge in [0.1, 0.15) is 6.54 Å². The highest BCUT2D eigenvalue weighted by atomic mass is 32.2. The molecule has 2 amide bonds. The molecule has 0 bridgehead atoms. The Morgan fingerprint density at radius 1 is 1.10 bits per heavy atom. The largest absolute Gasteiger partial charge is 0.407 e. The van der Waals surface area contributed by atoms with Crippen LogP contribution >= 0.6 is 0 Å². The third-order valence-electron chi connectivity index (χ3n) is 5.26. The van der Waals surface area contributed by atoms with Gasteiger partial charge in [0.05, 0.1) is 5.75 Å². The van der Waals surface area contributed by atoms with E-state index in [1.54, 1.807) is 4.90 Å². The first-order chi connectivity index (χ1) is 14.4. The number of carbonyl (C=O) groups excluding carboxylic acids is 2. The van der Waals surface area contributed by atoms with Gasteiger partial charge in [0.15, 0.2) is 0 Å². The van der Waals surface area contributed by atoms with Crippen molar-refractivity contribution in [1.82, 2.24) is 9.21 Å². The first-order valence-electron chi connectivity index (χ1n) is 10.4. The minimum absolute atomic E-state index is 0.0714. The molecule has 6 nitrogen and oxygen atoms in total. The highest BCUT2D eigenvalue weighted by Gasteiger charge is 2.39. The van der Waals surface area contributed by atoms with E-state index in [9.17, 15) is 31.2 Å². The lowest BCUT2D eigenvalue weighted by Gasteiger charge is -2.30. The Bertz CT molecular complexity index is 855. The Balaban J connectivity index is 2.10. The van der Waals surface area contributed by atoms with E-state index < -0.39 is 40.8 Å². The summed E-state index contributed by atoms with van der Waals surface area (Å²) in [4.78, 5) is 26.9. The average Bonchev–Trinajstić information content (AvgIpc) is 3.53. The molecule has 0 spiro atoms. The van der Waals surface area contributed by atoms with Crippen LogP contribution in [-0.2, 0) is 26.2 Å². The smallest absolute Gasteiger partial charge is 0.335 e. The number of amides is 2. The first-order valence-corrected chi connectivity index (χ1v) is 12.0. The van der Waals surface area contributed by atoms with E-state index in [-0.39, 0.29) is 29.1 Å². The van der Waals surface area contributed by atoms with Crippen molar-refractivity contribution in [3.8, 4) is 0 Å². The van der Waals surface area contributed by atoms with Crippen LogP contribution in [0.2, 0.25) is 0 Å². The summed E-state index contributed by atoms with van der Waals surface area (Å²) in [5.74, 6) is -1.80. The minimum Gasteiger partial charge on any atom is -0.335 e. The first kappa shape index (κ1) is 25.2. The van der Waals surface area contributed by atoms with Gasteiger partial charge in [0, 0.05) is 25.4 Å². The van der Waals surface area contributed by atoms with Crippen LogP contribution in [0.25, 0.3) is 0 Å². The van der Waals surface area contributed by atoms with E-state index in [2.05, 4.69) is 0 Å². The van der Waals surface area contributed by atoms with Crippen molar-refractivity contribution in [3.63, 3.8) is 0 Å². The molecule has 0 saturated heterocycles. The summed E-state index contributed by atoms with van der Waals surface area (Å²) in [7, 11) is -4.40. The van der Waals surface area contributed by atoms with Crippen molar-refractivity contribution < 1.29 is 31.2 Å². The van der Waals surface area contributed by atoms with Crippen LogP contribution in [0.15, 0.2) is 30.3 Å². The van der Waals surface area contributed by atoms with Gasteiger partial charge in [0.25, 0.3) is 0 Å². The molecule has 0 radical (unpaired) electrons. The number of carbonyl (C=O) groups is 2. The zero-order valence-corrected chi connectivity index (χ0v) is 18.6. The standard InChI is InChI=1S/C21H29F3N2O4S/c1-3-13-31(29,30)26(15-21(22,23)24)20(28)12-11-19(27)25(16(2)18-9-10-18)14-17-7-5-4-6-8-17/h4-8,16,18H,3,9-15H2,1-2H3. The molecule has 1 aliphatic carbocycles. The molecule has 0 heterocycles. The number of nitrogens with zero attached hydrogens (tertiary/aromatic N) is 2. The summed E-state index contributed by atoms with van der Waals surface area (Å²) in [6.07, 6.45) is -3.74. The molecule has 174 valence electrons. The van der Waals surface area contributed by atoms with Crippen molar-refractivity contribution in [2.24, 2.45) is 5.92 Å². The van der Waals surface area contributed by atoms with Crippen LogP contribution in [0.1, 0.15) is 51.5 Å². The van der Waals surface area contributed by atoms with Gasteiger partial charge in [-0.25, -0.2) is 12.7 Å². The second-order valence-corrected chi connectivity index (χ2v) is 9.93. The summed E-state index contributed by atoms with van der Waals surface area (Å²) in [5.41, 5.74) is 0.902. The second kappa shape index (κ2) is 10.5. The summed E-state index contributed by atoms with van der Waals surface area (Å²) in [5, 5.41) is 0. The molecular formula is C21H29F3N2O4S. The molecule has 1 saturated carbocycles. The number of benzene rings is 1. The summed E-state index contributed by atoms with van der Waals surface area (Å²) < 4.78 is 62.9. The fraction of sp³-hybridized carbons (Fsp3) is 0.619. The third kappa shape index (κ3) is 7.83. The van der Waals surface area contributed by atoms with Gasteiger partial charge < -0.3 is 4.90 Å². The monoisotopic (exact) mass is 462 g/mol. The molecular weight excluding hydrogens is 433 g/mol. The second-order valence-electron chi connectivity index (χ2n) is 7.92. The van der Waals surface area contributed by atoms with Crippen LogP contribution in [0.5, 0.6) is 0 Å². The van der Waals surface area contributed by atoms with E-state index >= 15 is 0 Å². The van der Waals surface area contributed by atoms with Gasteiger partial charge in [-0.2, -0.15) is 13.2 Å². The van der Waals surface area contributed by atoms with Crippen molar-refractivity contribution in [3.05, 3.63) is 35.9 Å². The van der Waals surface area contributed by atoms with Crippen LogP contribution in [0.4, 0.5) is 13.2 Å². The highest BCUT2D eigenvalue weighted by Crippen LogP contribution is 2.36. The SMILES string of the molecule is CCCS(=O)(=O)N(CC(F)(F)F)C(=O)CCC(=O)N(Cc1ccccc1)C(C)C1CC1. The molecule has 2 rings (SSSR count). The van der Waals surface area contributed by atoms with Gasteiger partial charge in [-0.15, -0.1) is 0 Å². The molecule has 31 heavy (non-hydrogen) atoms. The lowest BCUT2D eigenvalue weighted by Crippen LogP contribution is -2.45. The Hall–Kier alpha value is -2.10. The van der Waals surface area contributed by atoms with Crippen molar-refractivity contribution in [1.29, 1.82) is 0 Å². The fourth-order valence-corrected chi connectivity index (χ4v) is 4.91. The summed E-state index contributed by atoms with van der Waals surface area (Å²) in [6.45, 7) is 1.86. The quantitative estimate of drug-likeness (QED) is 0.502. The Labute approximate surface area is 181 Å². The molecule has 0 aliphatic heterocycles. The van der Waals surface area contributed by atoms with E-state index in [0.29, 0.717) is 12.5 Å². The van der Waals surface area contributed by atoms with Crippen LogP contribution in [-0.4, -0.2) is 54.0 Å². The number of rotatable bonds is 11. The molecule has 0 aromatic heterocycles. The van der Waals surface area contributed by atoms with E-state index in [1.165, 1.54) is 6.92 Å². The van der Waals surface area contributed by atoms with Crippen LogP contribution in [0.3, 0.4) is 0 Å². The molecule has 0 N–H and O–H groups in total. The Kier molecular flexibility index (Phi) is 8.50. The molecule has 1 fully saturated rings. The Morgan fingerprint density at radius 3 is 2.19 bits per heavy atom. The summed E-state index contributed by atoms with van der Waals surface area (Å²) in [6, 6.07) is 9.21. The molecule has 1 aromatic carbocycles. The molecule has 10 heteroatoms. The van der Waals surface area contributed by atoms with Crippen LogP contribution < -0.4 is 0 Å². The zero-order chi connectivity index (χ0) is 23.2. The average molecular weight is 463 g/mol. The highest BCUT2D eigenvalue weighted by molar-refractivity contribution is 7.89. The molecule has 1 atom stereocenters. The van der Waals surface area contributed by atoms with Gasteiger partial charge in [0.2, 0.25) is 21.8 Å². The number of hydrogen-bond donors (Lipinski definition) is 0. The lowest BCUT2D eigenvalue weighted by molar-refractivity contribution is -0.152. The fourth-order valence-electron chi connectivity index (χ4n) is 3.43. The van der Waals surface area contributed by atoms with Crippen molar-refractivity contribution >= 4 is 21.8 Å². The maximum Gasteiger partial charge on any atom is 0.407 e. The van der Waals surface area contributed by atoms with Gasteiger partial charge in [-0.1, -0.05) is 37.3 Å². The number of halogens is 3. The number of alkyl halides is 3. The normalized spacial score (nSPS) is 15.4. The predicted octanol–water partition coefficient (Wildman–Crippen LogP) is 3.72. The lowest BCUT2D eigenvalue weighted by atomic mass is 10.1. The molecule has 1 aromatic rings. The summed E-state index contributed by atoms with van der Waals surface area (Å²) >= 11 is 0. The third-order valence-corrected chi connectivity index (χ3v) is 7.19. The van der Waals surface area contributed by atoms with Crippen LogP contribution in [0, 0.1) is 5.92 Å². The van der Waals surface area contributed by atoms with E-state index in [0.717, 1.165) is 18.4 Å². The van der Waals surface area contributed by atoms with Gasteiger partial charge in [-0.05, 0) is 37.7 Å². The maximum absolute atomic E-state index is 12.9. The van der Waals surface area contributed by atoms with Gasteiger partial charge >= 0.3 is 6.18 Å². The zero-order valence-electron chi connectivity index (χ0n) is 17.8. The van der Waals surface area contributed by atoms with E-state index in [4.69, 9.17) is 0 Å². The topological polar surface area (TPSA) is 74.8 Å². The van der Waals surface area contributed by atoms with Crippen molar-refractivity contribution in [2.75, 3.05) is 12.3 Å². The van der Waals surface area contributed by atoms with Gasteiger partial charge in [-0.3, -0.25) is 9.59 Å². The maximum atomic E-state index is 12.9. The van der Waals surface area contributed by atoms with Crippen molar-refractivity contribution in [2.45, 2.75) is 64.7 Å². The van der Waals surface area contributed by atoms with E-state index in [1.807, 2.05) is 37.3 Å².